The Morgan fingerprint density at radius 2 is 1.04 bits per heavy atom. The maximum atomic E-state index is 12.5. The molecule has 0 aliphatic carbocycles. The number of phosphoric ester groups is 1. The molecule has 0 spiro atoms. The van der Waals surface area contributed by atoms with Crippen LogP contribution in [-0.4, -0.2) is 59.9 Å². The lowest BCUT2D eigenvalue weighted by atomic mass is 10.1. The summed E-state index contributed by atoms with van der Waals surface area (Å²) in [7, 11) is -4.70. The first kappa shape index (κ1) is 46.2. The lowest BCUT2D eigenvalue weighted by Crippen LogP contribution is -2.34. The molecule has 0 rings (SSSR count). The Kier molecular flexibility index (Phi) is 31.2. The Labute approximate surface area is 290 Å². The molecule has 0 saturated carbocycles. The zero-order valence-corrected chi connectivity index (χ0v) is 31.0. The van der Waals surface area contributed by atoms with Gasteiger partial charge in [-0.15, -0.1) is 0 Å². The number of unbranched alkanes of at least 4 members (excludes halogenated alkanes) is 19. The van der Waals surface area contributed by atoms with Crippen molar-refractivity contribution < 1.29 is 47.5 Å². The van der Waals surface area contributed by atoms with Crippen LogP contribution in [0.15, 0.2) is 12.2 Å². The molecule has 0 aromatic heterocycles. The second kappa shape index (κ2) is 32.4. The lowest BCUT2D eigenvalue weighted by molar-refractivity contribution is -0.161. The number of aliphatic carboxylic acids is 1. The molecule has 0 saturated heterocycles. The van der Waals surface area contributed by atoms with Crippen LogP contribution in [0.2, 0.25) is 0 Å². The van der Waals surface area contributed by atoms with Gasteiger partial charge in [0.1, 0.15) is 12.6 Å². The van der Waals surface area contributed by atoms with Gasteiger partial charge < -0.3 is 25.2 Å². The molecule has 0 heterocycles. The van der Waals surface area contributed by atoms with Crippen LogP contribution in [0, 0.1) is 0 Å². The normalized spacial score (nSPS) is 14.1. The SMILES string of the molecule is CCCCCCCCCCC/C=C/CCCCC(=O)O[C@@H](COC(=O)CCCCCCCCCCC)COP(=O)(O)OC[C@H](N)C(=O)O. The monoisotopic (exact) mass is 705 g/mol. The number of carbonyl (C=O) groups excluding carboxylic acids is 2. The summed E-state index contributed by atoms with van der Waals surface area (Å²) >= 11 is 0. The molecule has 11 nitrogen and oxygen atoms in total. The molecule has 48 heavy (non-hydrogen) atoms. The number of ether oxygens (including phenoxy) is 2. The maximum Gasteiger partial charge on any atom is 0.472 e. The molecule has 282 valence electrons. The van der Waals surface area contributed by atoms with Crippen LogP contribution in [0.4, 0.5) is 0 Å². The van der Waals surface area contributed by atoms with E-state index < -0.39 is 51.1 Å². The summed E-state index contributed by atoms with van der Waals surface area (Å²) in [6.45, 7) is 2.74. The van der Waals surface area contributed by atoms with Gasteiger partial charge in [-0.25, -0.2) is 4.57 Å². The van der Waals surface area contributed by atoms with E-state index >= 15 is 0 Å². The van der Waals surface area contributed by atoms with Gasteiger partial charge in [0.2, 0.25) is 0 Å². The third-order valence-electron chi connectivity index (χ3n) is 8.01. The summed E-state index contributed by atoms with van der Waals surface area (Å²) in [5.74, 6) is -2.40. The number of hydrogen-bond donors (Lipinski definition) is 3. The van der Waals surface area contributed by atoms with Crippen molar-refractivity contribution in [2.24, 2.45) is 5.73 Å². The van der Waals surface area contributed by atoms with Crippen LogP contribution in [-0.2, 0) is 37.5 Å². The van der Waals surface area contributed by atoms with Crippen molar-refractivity contribution in [2.45, 2.75) is 180 Å². The van der Waals surface area contributed by atoms with Gasteiger partial charge in [-0.1, -0.05) is 129 Å². The number of carboxylic acid groups (broad SMARTS) is 1. The third kappa shape index (κ3) is 31.5. The molecular formula is C36H68NO10P. The fourth-order valence-electron chi connectivity index (χ4n) is 5.00. The maximum absolute atomic E-state index is 12.5. The Morgan fingerprint density at radius 3 is 1.56 bits per heavy atom. The van der Waals surface area contributed by atoms with E-state index in [1.165, 1.54) is 89.9 Å². The van der Waals surface area contributed by atoms with Gasteiger partial charge in [0, 0.05) is 12.8 Å². The molecule has 0 aromatic rings. The van der Waals surface area contributed by atoms with Gasteiger partial charge in [0.05, 0.1) is 13.2 Å². The predicted octanol–water partition coefficient (Wildman–Crippen LogP) is 8.95. The summed E-state index contributed by atoms with van der Waals surface area (Å²) in [6.07, 6.45) is 28.7. The molecule has 0 amide bonds. The molecule has 3 atom stereocenters. The van der Waals surface area contributed by atoms with Gasteiger partial charge in [-0.2, -0.15) is 0 Å². The van der Waals surface area contributed by atoms with E-state index in [4.69, 9.17) is 24.8 Å². The van der Waals surface area contributed by atoms with Gasteiger partial charge in [-0.3, -0.25) is 23.4 Å². The van der Waals surface area contributed by atoms with E-state index in [0.29, 0.717) is 12.8 Å². The number of nitrogens with two attached hydrogens (primary N) is 1. The topological polar surface area (TPSA) is 172 Å². The summed E-state index contributed by atoms with van der Waals surface area (Å²) in [5.41, 5.74) is 5.30. The number of phosphoric acid groups is 1. The minimum Gasteiger partial charge on any atom is -0.480 e. The Morgan fingerprint density at radius 1 is 0.625 bits per heavy atom. The fourth-order valence-corrected chi connectivity index (χ4v) is 5.78. The van der Waals surface area contributed by atoms with E-state index in [0.717, 1.165) is 38.5 Å². The lowest BCUT2D eigenvalue weighted by Gasteiger charge is -2.20. The number of rotatable bonds is 35. The van der Waals surface area contributed by atoms with Gasteiger partial charge >= 0.3 is 25.7 Å². The predicted molar refractivity (Wildman–Crippen MR) is 189 cm³/mol. The van der Waals surface area contributed by atoms with E-state index in [9.17, 15) is 23.8 Å². The van der Waals surface area contributed by atoms with Crippen LogP contribution in [0.5, 0.6) is 0 Å². The van der Waals surface area contributed by atoms with Crippen molar-refractivity contribution in [1.29, 1.82) is 0 Å². The van der Waals surface area contributed by atoms with Crippen molar-refractivity contribution in [2.75, 3.05) is 19.8 Å². The van der Waals surface area contributed by atoms with E-state index in [2.05, 4.69) is 30.5 Å². The summed E-state index contributed by atoms with van der Waals surface area (Å²) in [6, 6.07) is -1.52. The minimum absolute atomic E-state index is 0.135. The molecular weight excluding hydrogens is 637 g/mol. The van der Waals surface area contributed by atoms with E-state index in [-0.39, 0.29) is 19.4 Å². The number of hydrogen-bond acceptors (Lipinski definition) is 9. The van der Waals surface area contributed by atoms with Crippen LogP contribution < -0.4 is 5.73 Å². The fraction of sp³-hybridized carbons (Fsp3) is 0.861. The van der Waals surface area contributed by atoms with Crippen molar-refractivity contribution in [1.82, 2.24) is 0 Å². The van der Waals surface area contributed by atoms with Crippen LogP contribution in [0.1, 0.15) is 168 Å². The second-order valence-corrected chi connectivity index (χ2v) is 14.2. The molecule has 0 aliphatic rings. The van der Waals surface area contributed by atoms with Gasteiger partial charge in [0.15, 0.2) is 6.10 Å². The van der Waals surface area contributed by atoms with Crippen molar-refractivity contribution in [3.63, 3.8) is 0 Å². The average Bonchev–Trinajstić information content (AvgIpc) is 3.05. The highest BCUT2D eigenvalue weighted by molar-refractivity contribution is 7.47. The number of allylic oxidation sites excluding steroid dienone is 2. The summed E-state index contributed by atoms with van der Waals surface area (Å²) in [5, 5.41) is 8.84. The number of carboxylic acids is 1. The summed E-state index contributed by atoms with van der Waals surface area (Å²) < 4.78 is 32.5. The highest BCUT2D eigenvalue weighted by Crippen LogP contribution is 2.43. The molecule has 0 fully saturated rings. The third-order valence-corrected chi connectivity index (χ3v) is 8.96. The Balaban J connectivity index is 4.46. The molecule has 4 N–H and O–H groups in total. The van der Waals surface area contributed by atoms with E-state index in [1.807, 2.05) is 0 Å². The number of esters is 2. The van der Waals surface area contributed by atoms with Crippen LogP contribution in [0.3, 0.4) is 0 Å². The first-order valence-corrected chi connectivity index (χ1v) is 20.2. The van der Waals surface area contributed by atoms with Crippen LogP contribution >= 0.6 is 7.82 Å². The van der Waals surface area contributed by atoms with Crippen molar-refractivity contribution >= 4 is 25.7 Å². The average molecular weight is 706 g/mol. The first-order chi connectivity index (χ1) is 23.1. The first-order valence-electron chi connectivity index (χ1n) is 18.7. The quantitative estimate of drug-likeness (QED) is 0.0249. The largest absolute Gasteiger partial charge is 0.480 e. The molecule has 0 aliphatic heterocycles. The Bertz CT molecular complexity index is 885. The van der Waals surface area contributed by atoms with Gasteiger partial charge in [-0.05, 0) is 38.5 Å². The summed E-state index contributed by atoms with van der Waals surface area (Å²) in [4.78, 5) is 45.6. The van der Waals surface area contributed by atoms with E-state index in [1.54, 1.807) is 0 Å². The smallest absolute Gasteiger partial charge is 0.472 e. The molecule has 0 radical (unpaired) electrons. The van der Waals surface area contributed by atoms with Gasteiger partial charge in [0.25, 0.3) is 0 Å². The van der Waals surface area contributed by atoms with Crippen molar-refractivity contribution in [3.8, 4) is 0 Å². The molecule has 0 bridgehead atoms. The molecule has 1 unspecified atom stereocenters. The van der Waals surface area contributed by atoms with Crippen LogP contribution in [0.25, 0.3) is 0 Å². The molecule has 0 aromatic carbocycles. The zero-order valence-electron chi connectivity index (χ0n) is 30.1. The second-order valence-electron chi connectivity index (χ2n) is 12.7. The van der Waals surface area contributed by atoms with Crippen molar-refractivity contribution in [3.05, 3.63) is 12.2 Å². The zero-order chi connectivity index (χ0) is 35.7. The highest BCUT2D eigenvalue weighted by atomic mass is 31.2. The molecule has 12 heteroatoms. The standard InChI is InChI=1S/C36H68NO10P/c1-3-5-7-9-11-13-14-15-16-17-18-20-22-24-26-28-35(39)47-32(30-45-48(42,43)46-31-33(37)36(40)41)29-44-34(38)27-25-23-21-19-12-10-8-6-4-2/h18,20,32-33H,3-17,19,21-31,37H2,1-2H3,(H,40,41)(H,42,43)/b20-18+/t32-,33-/m0/s1. The number of carbonyl (C=O) groups is 3. The minimum atomic E-state index is -4.70. The highest BCUT2D eigenvalue weighted by Gasteiger charge is 2.28. The Hall–Kier alpha value is -1.78.